The van der Waals surface area contributed by atoms with Crippen LogP contribution in [-0.4, -0.2) is 30.2 Å². The Morgan fingerprint density at radius 1 is 1.27 bits per heavy atom. The highest BCUT2D eigenvalue weighted by molar-refractivity contribution is 9.10. The van der Waals surface area contributed by atoms with E-state index in [4.69, 9.17) is 4.84 Å². The van der Waals surface area contributed by atoms with E-state index in [0.29, 0.717) is 12.3 Å². The first-order chi connectivity index (χ1) is 10.7. The average molecular weight is 365 g/mol. The predicted molar refractivity (Wildman–Crippen MR) is 89.5 cm³/mol. The maximum atomic E-state index is 12.9. The number of likely N-dealkylation sites (tertiary alicyclic amines) is 1. The van der Waals surface area contributed by atoms with Gasteiger partial charge in [-0.3, -0.25) is 4.79 Å². The highest BCUT2D eigenvalue weighted by Gasteiger charge is 2.47. The smallest absolute Gasteiger partial charge is 0.272 e. The topological polar surface area (TPSA) is 41.9 Å². The van der Waals surface area contributed by atoms with Crippen molar-refractivity contribution >= 4 is 27.5 Å². The van der Waals surface area contributed by atoms with Crippen molar-refractivity contribution in [3.8, 4) is 0 Å². The second-order valence-electron chi connectivity index (χ2n) is 6.18. The largest absolute Gasteiger partial charge is 0.399 e. The number of oxime groups is 1. The summed E-state index contributed by atoms with van der Waals surface area (Å²) in [7, 11) is 1.52. The maximum Gasteiger partial charge on any atom is 0.272 e. The van der Waals surface area contributed by atoms with Crippen LogP contribution < -0.4 is 0 Å². The van der Waals surface area contributed by atoms with Crippen molar-refractivity contribution in [3.05, 3.63) is 34.3 Å². The molecule has 0 atom stereocenters. The third kappa shape index (κ3) is 2.78. The van der Waals surface area contributed by atoms with Crippen LogP contribution in [0.15, 0.2) is 33.9 Å². The Labute approximate surface area is 139 Å². The molecule has 118 valence electrons. The summed E-state index contributed by atoms with van der Waals surface area (Å²) in [5.74, 6) is 0.0331. The van der Waals surface area contributed by atoms with Crippen LogP contribution in [-0.2, 0) is 16.2 Å². The first-order valence-electron chi connectivity index (χ1n) is 7.81. The number of rotatable bonds is 3. The lowest BCUT2D eigenvalue weighted by Gasteiger charge is -2.39. The van der Waals surface area contributed by atoms with Crippen LogP contribution in [0.1, 0.15) is 37.7 Å². The molecule has 1 heterocycles. The van der Waals surface area contributed by atoms with Gasteiger partial charge in [-0.1, -0.05) is 52.1 Å². The predicted octanol–water partition coefficient (Wildman–Crippen LogP) is 3.74. The molecule has 2 aliphatic rings. The van der Waals surface area contributed by atoms with Gasteiger partial charge in [-0.05, 0) is 30.9 Å². The summed E-state index contributed by atoms with van der Waals surface area (Å²) in [5, 5.41) is 4.13. The van der Waals surface area contributed by atoms with E-state index in [-0.39, 0.29) is 11.3 Å². The lowest BCUT2D eigenvalue weighted by Crippen LogP contribution is -2.51. The summed E-state index contributed by atoms with van der Waals surface area (Å²) in [6.07, 6.45) is 5.47. The van der Waals surface area contributed by atoms with Crippen LogP contribution in [0.2, 0.25) is 0 Å². The summed E-state index contributed by atoms with van der Waals surface area (Å²) >= 11 is 3.56. The number of piperidine rings is 1. The molecule has 2 fully saturated rings. The molecular weight excluding hydrogens is 344 g/mol. The van der Waals surface area contributed by atoms with Gasteiger partial charge in [0.1, 0.15) is 7.11 Å². The van der Waals surface area contributed by atoms with Crippen LogP contribution in [0, 0.1) is 5.41 Å². The van der Waals surface area contributed by atoms with Gasteiger partial charge in [-0.2, -0.15) is 0 Å². The molecule has 22 heavy (non-hydrogen) atoms. The molecule has 4 nitrogen and oxygen atoms in total. The second kappa shape index (κ2) is 6.41. The van der Waals surface area contributed by atoms with E-state index in [1.807, 2.05) is 29.2 Å². The van der Waals surface area contributed by atoms with Crippen molar-refractivity contribution in [1.29, 1.82) is 0 Å². The molecule has 0 aromatic heterocycles. The Balaban J connectivity index is 1.83. The number of carbonyl (C=O) groups excluding carboxylic acids is 1. The molecule has 1 spiro atoms. The zero-order chi connectivity index (χ0) is 15.6. The summed E-state index contributed by atoms with van der Waals surface area (Å²) in [4.78, 5) is 19.8. The van der Waals surface area contributed by atoms with Gasteiger partial charge in [-0.15, -0.1) is 0 Å². The molecule has 3 rings (SSSR count). The fourth-order valence-electron chi connectivity index (χ4n) is 3.69. The molecule has 1 aromatic rings. The third-order valence-electron chi connectivity index (χ3n) is 4.91. The minimum Gasteiger partial charge on any atom is -0.399 e. The molecule has 0 N–H and O–H groups in total. The molecular formula is C17H21BrN2O2. The summed E-state index contributed by atoms with van der Waals surface area (Å²) in [6, 6.07) is 8.03. The molecule has 1 saturated carbocycles. The van der Waals surface area contributed by atoms with Gasteiger partial charge in [-0.25, -0.2) is 0 Å². The molecule has 1 saturated heterocycles. The normalized spacial score (nSPS) is 22.5. The minimum atomic E-state index is -0.0441. The van der Waals surface area contributed by atoms with Gasteiger partial charge >= 0.3 is 0 Å². The lowest BCUT2D eigenvalue weighted by molar-refractivity contribution is -0.127. The van der Waals surface area contributed by atoms with Crippen molar-refractivity contribution in [3.63, 3.8) is 0 Å². The standard InChI is InChI=1S/C17H21BrN2O2/c1-22-19-15-16(21)20(11-10-17(15)8-4-5-9-17)12-13-6-2-3-7-14(13)18/h2-3,6-7H,4-5,8-12H2,1H3/b19-15+. The summed E-state index contributed by atoms with van der Waals surface area (Å²) in [6.45, 7) is 1.40. The van der Waals surface area contributed by atoms with Crippen molar-refractivity contribution in [2.24, 2.45) is 10.6 Å². The Morgan fingerprint density at radius 3 is 2.68 bits per heavy atom. The molecule has 0 unspecified atom stereocenters. The van der Waals surface area contributed by atoms with Crippen LogP contribution in [0.25, 0.3) is 0 Å². The summed E-state index contributed by atoms with van der Waals surface area (Å²) < 4.78 is 1.04. The van der Waals surface area contributed by atoms with Crippen molar-refractivity contribution in [2.45, 2.75) is 38.6 Å². The molecule has 1 aromatic carbocycles. The van der Waals surface area contributed by atoms with E-state index in [1.54, 1.807) is 0 Å². The summed E-state index contributed by atoms with van der Waals surface area (Å²) in [5.41, 5.74) is 1.71. The van der Waals surface area contributed by atoms with Gasteiger partial charge < -0.3 is 9.74 Å². The fourth-order valence-corrected chi connectivity index (χ4v) is 4.10. The van der Waals surface area contributed by atoms with Crippen LogP contribution in [0.4, 0.5) is 0 Å². The monoisotopic (exact) mass is 364 g/mol. The number of halogens is 1. The fraction of sp³-hybridized carbons (Fsp3) is 0.529. The van der Waals surface area contributed by atoms with Gasteiger partial charge in [0.2, 0.25) is 0 Å². The maximum absolute atomic E-state index is 12.9. The van der Waals surface area contributed by atoms with Crippen molar-refractivity contribution in [1.82, 2.24) is 4.90 Å². The molecule has 5 heteroatoms. The number of amides is 1. The SMILES string of the molecule is CO/N=C1\C(=O)N(Cc2ccccc2Br)CCC12CCCC2. The quantitative estimate of drug-likeness (QED) is 0.766. The number of hydrogen-bond acceptors (Lipinski definition) is 3. The van der Waals surface area contributed by atoms with Gasteiger partial charge in [0, 0.05) is 23.0 Å². The Hall–Kier alpha value is -1.36. The van der Waals surface area contributed by atoms with E-state index < -0.39 is 0 Å². The highest BCUT2D eigenvalue weighted by Crippen LogP contribution is 2.45. The van der Waals surface area contributed by atoms with Crippen LogP contribution >= 0.6 is 15.9 Å². The lowest BCUT2D eigenvalue weighted by atomic mass is 9.75. The zero-order valence-electron chi connectivity index (χ0n) is 12.8. The van der Waals surface area contributed by atoms with E-state index in [1.165, 1.54) is 20.0 Å². The van der Waals surface area contributed by atoms with E-state index in [2.05, 4.69) is 21.1 Å². The van der Waals surface area contributed by atoms with Gasteiger partial charge in [0.05, 0.1) is 0 Å². The number of benzene rings is 1. The van der Waals surface area contributed by atoms with Crippen LogP contribution in [0.5, 0.6) is 0 Å². The second-order valence-corrected chi connectivity index (χ2v) is 7.03. The van der Waals surface area contributed by atoms with Gasteiger partial charge in [0.15, 0.2) is 5.71 Å². The minimum absolute atomic E-state index is 0.0331. The average Bonchev–Trinajstić information content (AvgIpc) is 2.98. The Kier molecular flexibility index (Phi) is 4.52. The van der Waals surface area contributed by atoms with E-state index >= 15 is 0 Å². The number of carbonyl (C=O) groups is 1. The highest BCUT2D eigenvalue weighted by atomic mass is 79.9. The number of hydrogen-bond donors (Lipinski definition) is 0. The number of nitrogens with zero attached hydrogens (tertiary/aromatic N) is 2. The molecule has 1 aliphatic heterocycles. The van der Waals surface area contributed by atoms with Gasteiger partial charge in [0.25, 0.3) is 5.91 Å². The Bertz CT molecular complexity index is 594. The van der Waals surface area contributed by atoms with Crippen molar-refractivity contribution < 1.29 is 9.63 Å². The molecule has 0 radical (unpaired) electrons. The van der Waals surface area contributed by atoms with Crippen molar-refractivity contribution in [2.75, 3.05) is 13.7 Å². The zero-order valence-corrected chi connectivity index (χ0v) is 14.4. The van der Waals surface area contributed by atoms with E-state index in [9.17, 15) is 4.79 Å². The first-order valence-corrected chi connectivity index (χ1v) is 8.60. The molecule has 0 bridgehead atoms. The third-order valence-corrected chi connectivity index (χ3v) is 5.69. The first kappa shape index (κ1) is 15.5. The Morgan fingerprint density at radius 2 is 2.00 bits per heavy atom. The van der Waals surface area contributed by atoms with Crippen LogP contribution in [0.3, 0.4) is 0 Å². The molecule has 1 aliphatic carbocycles. The molecule has 1 amide bonds. The van der Waals surface area contributed by atoms with E-state index in [0.717, 1.165) is 35.8 Å².